The quantitative estimate of drug-likeness (QED) is 0.0244. The number of nitrogens with zero attached hydrogens (tertiary/aromatic N) is 1. The van der Waals surface area contributed by atoms with E-state index in [-0.39, 0.29) is 38.4 Å². The number of pyridine rings is 1. The Hall–Kier alpha value is -1.67. The van der Waals surface area contributed by atoms with Gasteiger partial charge in [0.1, 0.15) is 17.7 Å². The second-order valence-corrected chi connectivity index (χ2v) is 19.6. The number of aliphatic carboxylic acids is 1. The summed E-state index contributed by atoms with van der Waals surface area (Å²) in [5, 5.41) is 13.1. The highest BCUT2D eigenvalue weighted by atomic mass is 33.1. The third kappa shape index (κ3) is 35.9. The van der Waals surface area contributed by atoms with Crippen LogP contribution in [-0.4, -0.2) is 77.2 Å². The van der Waals surface area contributed by atoms with E-state index in [9.17, 15) is 28.9 Å². The Kier molecular flexibility index (Phi) is 37.7. The van der Waals surface area contributed by atoms with Crippen molar-refractivity contribution in [3.63, 3.8) is 0 Å². The number of nitrogens with one attached hydrogen (secondary N) is 1. The molecule has 0 radical (unpaired) electrons. The molecule has 0 amide bonds. The topological polar surface area (TPSA) is 171 Å². The Bertz CT molecular complexity index is 1240. The first-order chi connectivity index (χ1) is 29.2. The van der Waals surface area contributed by atoms with Gasteiger partial charge in [0.05, 0.1) is 13.2 Å². The summed E-state index contributed by atoms with van der Waals surface area (Å²) in [7, 11) is -1.95. The zero-order valence-electron chi connectivity index (χ0n) is 37.2. The highest BCUT2D eigenvalue weighted by Gasteiger charge is 2.26. The number of esters is 2. The van der Waals surface area contributed by atoms with Crippen molar-refractivity contribution < 1.29 is 47.5 Å². The fourth-order valence-corrected chi connectivity index (χ4v) is 9.42. The molecule has 15 heteroatoms. The van der Waals surface area contributed by atoms with Crippen molar-refractivity contribution in [2.45, 2.75) is 211 Å². The molecule has 1 rings (SSSR count). The number of rotatable bonds is 44. The van der Waals surface area contributed by atoms with Crippen LogP contribution in [0.2, 0.25) is 0 Å². The molecule has 0 saturated heterocycles. The Morgan fingerprint density at radius 3 is 1.63 bits per heavy atom. The van der Waals surface area contributed by atoms with Crippen LogP contribution in [-0.2, 0) is 37.5 Å². The SMILES string of the molecule is CCCCCCCCCCCCCCCC(=O)OCC(COP(=O)(O)OCCNC(CSSc1ccccn1)C(=O)O)OC(=O)CCCCCCCCCCCCCCC. The van der Waals surface area contributed by atoms with Gasteiger partial charge in [-0.25, -0.2) is 9.55 Å². The number of aromatic nitrogens is 1. The van der Waals surface area contributed by atoms with Crippen LogP contribution in [0.25, 0.3) is 0 Å². The number of carbonyl (C=O) groups excluding carboxylic acids is 2. The number of hydrogen-bond donors (Lipinski definition) is 3. The summed E-state index contributed by atoms with van der Waals surface area (Å²) in [5.74, 6) is -1.76. The zero-order valence-corrected chi connectivity index (χ0v) is 39.7. The highest BCUT2D eigenvalue weighted by Crippen LogP contribution is 2.43. The first-order valence-electron chi connectivity index (χ1n) is 23.3. The van der Waals surface area contributed by atoms with Crippen molar-refractivity contribution in [1.82, 2.24) is 10.3 Å². The molecule has 1 aromatic heterocycles. The Morgan fingerprint density at radius 1 is 0.683 bits per heavy atom. The van der Waals surface area contributed by atoms with Crippen LogP contribution >= 0.6 is 29.4 Å². The fraction of sp³-hybridized carbons (Fsp3) is 0.822. The lowest BCUT2D eigenvalue weighted by molar-refractivity contribution is -0.161. The number of phosphoric acid groups is 1. The summed E-state index contributed by atoms with van der Waals surface area (Å²) in [5.41, 5.74) is 0. The number of hydrogen-bond acceptors (Lipinski definition) is 12. The Labute approximate surface area is 371 Å². The van der Waals surface area contributed by atoms with Gasteiger partial charge < -0.3 is 24.8 Å². The van der Waals surface area contributed by atoms with Crippen LogP contribution in [0, 0.1) is 0 Å². The largest absolute Gasteiger partial charge is 0.480 e. The third-order valence-corrected chi connectivity index (χ3v) is 13.4. The molecule has 0 spiro atoms. The molecule has 3 N–H and O–H groups in total. The smallest absolute Gasteiger partial charge is 0.472 e. The monoisotopic (exact) mass is 905 g/mol. The van der Waals surface area contributed by atoms with Gasteiger partial charge in [0, 0.05) is 31.3 Å². The molecule has 0 aliphatic heterocycles. The lowest BCUT2D eigenvalue weighted by Crippen LogP contribution is -2.40. The van der Waals surface area contributed by atoms with E-state index in [0.29, 0.717) is 12.8 Å². The van der Waals surface area contributed by atoms with Gasteiger partial charge in [0.2, 0.25) is 0 Å². The van der Waals surface area contributed by atoms with Gasteiger partial charge in [-0.2, -0.15) is 0 Å². The lowest BCUT2D eigenvalue weighted by Gasteiger charge is -2.20. The zero-order chi connectivity index (χ0) is 43.8. The van der Waals surface area contributed by atoms with Gasteiger partial charge in [0.25, 0.3) is 0 Å². The van der Waals surface area contributed by atoms with E-state index in [1.165, 1.54) is 137 Å². The van der Waals surface area contributed by atoms with Gasteiger partial charge in [0.15, 0.2) is 6.10 Å². The fourth-order valence-electron chi connectivity index (χ4n) is 6.58. The van der Waals surface area contributed by atoms with E-state index < -0.39 is 44.5 Å². The number of phosphoric ester groups is 1. The average molecular weight is 905 g/mol. The summed E-state index contributed by atoms with van der Waals surface area (Å²) in [6.45, 7) is 3.31. The Balaban J connectivity index is 2.44. The molecular formula is C45H81N2O10PS2. The van der Waals surface area contributed by atoms with Crippen LogP contribution in [0.15, 0.2) is 29.4 Å². The molecule has 0 aromatic carbocycles. The summed E-state index contributed by atoms with van der Waals surface area (Å²) in [6, 6.07) is 4.54. The van der Waals surface area contributed by atoms with Crippen LogP contribution in [0.3, 0.4) is 0 Å². The summed E-state index contributed by atoms with van der Waals surface area (Å²) in [4.78, 5) is 51.6. The maximum absolute atomic E-state index is 12.8. The molecule has 1 aromatic rings. The van der Waals surface area contributed by atoms with Crippen LogP contribution in [0.5, 0.6) is 0 Å². The molecule has 12 nitrogen and oxygen atoms in total. The third-order valence-electron chi connectivity index (χ3n) is 10.2. The van der Waals surface area contributed by atoms with E-state index in [1.54, 1.807) is 12.3 Å². The minimum absolute atomic E-state index is 0.0337. The number of carboxylic acid groups (broad SMARTS) is 1. The standard InChI is InChI=1S/C45H81N2O10PS2/c1-3-5-7-9-11-13-15-17-19-21-23-25-27-32-43(48)54-37-40(57-44(49)33-28-26-24-22-20-18-16-14-12-10-8-6-4-2)38-56-58(52,53)55-36-35-46-41(45(50)51)39-59-60-42-31-29-30-34-47-42/h29-31,34,40-41,46H,3-28,32-33,35-39H2,1-2H3,(H,50,51)(H,52,53). The maximum Gasteiger partial charge on any atom is 0.472 e. The average Bonchev–Trinajstić information content (AvgIpc) is 3.23. The minimum Gasteiger partial charge on any atom is -0.480 e. The van der Waals surface area contributed by atoms with Crippen LogP contribution in [0.4, 0.5) is 0 Å². The molecule has 0 saturated carbocycles. The lowest BCUT2D eigenvalue weighted by atomic mass is 10.0. The van der Waals surface area contributed by atoms with Crippen LogP contribution in [0.1, 0.15) is 194 Å². The highest BCUT2D eigenvalue weighted by molar-refractivity contribution is 8.76. The van der Waals surface area contributed by atoms with E-state index >= 15 is 0 Å². The van der Waals surface area contributed by atoms with Gasteiger partial charge in [-0.05, 0) is 35.8 Å². The normalized spacial score (nSPS) is 13.4. The number of carboxylic acids is 1. The Morgan fingerprint density at radius 2 is 1.17 bits per heavy atom. The second kappa shape index (κ2) is 40.1. The number of ether oxygens (including phenoxy) is 2. The van der Waals surface area contributed by atoms with Gasteiger partial charge in [-0.1, -0.05) is 185 Å². The van der Waals surface area contributed by atoms with Crippen molar-refractivity contribution in [2.75, 3.05) is 32.1 Å². The molecule has 0 bridgehead atoms. The van der Waals surface area contributed by atoms with Crippen molar-refractivity contribution in [3.8, 4) is 0 Å². The number of carbonyl (C=O) groups is 3. The molecule has 3 atom stereocenters. The van der Waals surface area contributed by atoms with Crippen molar-refractivity contribution in [1.29, 1.82) is 0 Å². The maximum atomic E-state index is 12.8. The predicted octanol–water partition coefficient (Wildman–Crippen LogP) is 12.4. The van der Waals surface area contributed by atoms with Crippen molar-refractivity contribution >= 4 is 47.3 Å². The first kappa shape index (κ1) is 56.3. The van der Waals surface area contributed by atoms with Crippen LogP contribution < -0.4 is 5.32 Å². The summed E-state index contributed by atoms with van der Waals surface area (Å²) < 4.78 is 33.9. The molecule has 348 valence electrons. The van der Waals surface area contributed by atoms with E-state index in [1.807, 2.05) is 12.1 Å². The van der Waals surface area contributed by atoms with E-state index in [2.05, 4.69) is 24.1 Å². The molecule has 1 heterocycles. The molecule has 0 aliphatic rings. The number of unbranched alkanes of at least 4 members (excludes halogenated alkanes) is 24. The summed E-state index contributed by atoms with van der Waals surface area (Å²) >= 11 is 0. The van der Waals surface area contributed by atoms with E-state index in [0.717, 1.165) is 43.6 Å². The molecule has 60 heavy (non-hydrogen) atoms. The van der Waals surface area contributed by atoms with Gasteiger partial charge >= 0.3 is 25.7 Å². The molecule has 0 aliphatic carbocycles. The minimum atomic E-state index is -4.61. The van der Waals surface area contributed by atoms with Gasteiger partial charge in [-0.3, -0.25) is 23.4 Å². The second-order valence-electron chi connectivity index (χ2n) is 15.8. The van der Waals surface area contributed by atoms with Crippen molar-refractivity contribution in [2.24, 2.45) is 0 Å². The molecule has 0 fully saturated rings. The first-order valence-corrected chi connectivity index (χ1v) is 27.1. The summed E-state index contributed by atoms with van der Waals surface area (Å²) in [6.07, 6.45) is 32.0. The molecular weight excluding hydrogens is 824 g/mol. The van der Waals surface area contributed by atoms with E-state index in [4.69, 9.17) is 18.5 Å². The molecule has 3 unspecified atom stereocenters. The predicted molar refractivity (Wildman–Crippen MR) is 245 cm³/mol. The van der Waals surface area contributed by atoms with Gasteiger partial charge in [-0.15, -0.1) is 0 Å². The van der Waals surface area contributed by atoms with Crippen molar-refractivity contribution in [3.05, 3.63) is 24.4 Å².